The van der Waals surface area contributed by atoms with E-state index >= 15 is 0 Å². The first-order valence-electron chi connectivity index (χ1n) is 14.6. The van der Waals surface area contributed by atoms with Crippen LogP contribution in [-0.2, 0) is 38.1 Å². The number of cyclic esters (lactones) is 1. The number of Topliss-reactive ketones (excluding diaryl/α,β-unsaturated/α-hetero) is 1. The Labute approximate surface area is 239 Å². The Bertz CT molecular complexity index is 1280. The molecule has 2 bridgehead atoms. The predicted molar refractivity (Wildman–Crippen MR) is 141 cm³/mol. The fourth-order valence-corrected chi connectivity index (χ4v) is 9.77. The van der Waals surface area contributed by atoms with Gasteiger partial charge in [-0.15, -0.1) is 0 Å². The van der Waals surface area contributed by atoms with Gasteiger partial charge in [0, 0.05) is 39.6 Å². The highest BCUT2D eigenvalue weighted by Gasteiger charge is 2.86. The first-order valence-corrected chi connectivity index (χ1v) is 14.6. The van der Waals surface area contributed by atoms with E-state index < -0.39 is 76.0 Å². The largest absolute Gasteiger partial charge is 0.472 e. The van der Waals surface area contributed by atoms with Crippen LogP contribution in [0.1, 0.15) is 72.5 Å². The van der Waals surface area contributed by atoms with E-state index in [1.165, 1.54) is 7.11 Å². The lowest BCUT2D eigenvalue weighted by atomic mass is 9.37. The number of fused-ring (bicyclic) bond motifs is 5. The lowest BCUT2D eigenvalue weighted by Gasteiger charge is -2.65. The summed E-state index contributed by atoms with van der Waals surface area (Å²) in [7, 11) is 1.20. The molecule has 1 spiro atoms. The second kappa shape index (κ2) is 8.89. The number of aliphatic hydroxyl groups is 1. The van der Waals surface area contributed by atoms with Crippen molar-refractivity contribution in [3.8, 4) is 0 Å². The van der Waals surface area contributed by atoms with Crippen LogP contribution in [0.2, 0.25) is 0 Å². The summed E-state index contributed by atoms with van der Waals surface area (Å²) in [5.41, 5.74) is -2.86. The minimum Gasteiger partial charge on any atom is -0.472 e. The van der Waals surface area contributed by atoms with Crippen molar-refractivity contribution in [1.82, 2.24) is 0 Å². The fourth-order valence-electron chi connectivity index (χ4n) is 9.77. The number of hydrogen-bond donors (Lipinski definition) is 1. The van der Waals surface area contributed by atoms with Crippen molar-refractivity contribution in [3.05, 3.63) is 24.2 Å². The van der Waals surface area contributed by atoms with Crippen molar-refractivity contribution in [2.24, 2.45) is 45.8 Å². The highest BCUT2D eigenvalue weighted by molar-refractivity contribution is 5.94. The smallest absolute Gasteiger partial charge is 0.335 e. The van der Waals surface area contributed by atoms with E-state index in [0.717, 1.165) is 5.56 Å². The van der Waals surface area contributed by atoms with Crippen molar-refractivity contribution in [1.29, 1.82) is 0 Å². The van der Waals surface area contributed by atoms with Gasteiger partial charge >= 0.3 is 17.9 Å². The molecule has 2 saturated heterocycles. The average Bonchev–Trinajstić information content (AvgIpc) is 3.36. The molecular formula is C31H40O10. The second-order valence-corrected chi connectivity index (χ2v) is 14.1. The van der Waals surface area contributed by atoms with Crippen LogP contribution in [0.15, 0.2) is 23.0 Å². The van der Waals surface area contributed by atoms with Crippen molar-refractivity contribution in [2.75, 3.05) is 7.11 Å². The summed E-state index contributed by atoms with van der Waals surface area (Å²) >= 11 is 0. The van der Waals surface area contributed by atoms with Gasteiger partial charge in [0.25, 0.3) is 0 Å². The molecule has 3 saturated carbocycles. The molecule has 1 aromatic heterocycles. The number of esters is 3. The molecule has 10 heteroatoms. The zero-order chi connectivity index (χ0) is 29.9. The summed E-state index contributed by atoms with van der Waals surface area (Å²) in [5, 5.41) is 11.5. The molecule has 6 rings (SSSR count). The lowest BCUT2D eigenvalue weighted by Crippen LogP contribution is -2.74. The summed E-state index contributed by atoms with van der Waals surface area (Å²) in [6.45, 7) is 11.0. The highest BCUT2D eigenvalue weighted by Crippen LogP contribution is 2.77. The molecule has 1 N–H and O–H groups in total. The van der Waals surface area contributed by atoms with E-state index in [-0.39, 0.29) is 30.0 Å². The Morgan fingerprint density at radius 3 is 2.41 bits per heavy atom. The summed E-state index contributed by atoms with van der Waals surface area (Å²) in [6.07, 6.45) is 0.713. The maximum Gasteiger partial charge on any atom is 0.335 e. The van der Waals surface area contributed by atoms with Crippen LogP contribution in [0.5, 0.6) is 0 Å². The molecule has 2 unspecified atom stereocenters. The van der Waals surface area contributed by atoms with E-state index in [1.807, 2.05) is 20.8 Å². The Balaban J connectivity index is 1.51. The molecule has 224 valence electrons. The average molecular weight is 573 g/mol. The molecule has 11 atom stereocenters. The molecule has 41 heavy (non-hydrogen) atoms. The van der Waals surface area contributed by atoms with Crippen molar-refractivity contribution in [3.63, 3.8) is 0 Å². The molecule has 0 amide bonds. The lowest BCUT2D eigenvalue weighted by molar-refractivity contribution is -0.232. The summed E-state index contributed by atoms with van der Waals surface area (Å²) in [5.74, 6) is -4.76. The third-order valence-corrected chi connectivity index (χ3v) is 11.5. The van der Waals surface area contributed by atoms with Crippen LogP contribution in [0.3, 0.4) is 0 Å². The number of ether oxygens (including phenoxy) is 4. The number of furan rings is 1. The van der Waals surface area contributed by atoms with Gasteiger partial charge in [0.1, 0.15) is 29.7 Å². The Morgan fingerprint density at radius 2 is 1.80 bits per heavy atom. The molecule has 3 aliphatic carbocycles. The number of carbonyl (C=O) groups is 4. The summed E-state index contributed by atoms with van der Waals surface area (Å²) in [6, 6.07) is 1.80. The zero-order valence-electron chi connectivity index (χ0n) is 24.7. The minimum atomic E-state index is -1.64. The minimum absolute atomic E-state index is 0.110. The van der Waals surface area contributed by atoms with Crippen molar-refractivity contribution >= 4 is 23.7 Å². The zero-order valence-corrected chi connectivity index (χ0v) is 24.7. The molecular weight excluding hydrogens is 532 g/mol. The number of hydrogen-bond acceptors (Lipinski definition) is 10. The molecule has 5 fully saturated rings. The Hall–Kier alpha value is -2.72. The fraction of sp³-hybridized carbons (Fsp3) is 0.742. The van der Waals surface area contributed by atoms with Gasteiger partial charge in [0.2, 0.25) is 0 Å². The summed E-state index contributed by atoms with van der Waals surface area (Å²) < 4.78 is 29.0. The van der Waals surface area contributed by atoms with Gasteiger partial charge in [-0.3, -0.25) is 14.4 Å². The van der Waals surface area contributed by atoms with Crippen LogP contribution >= 0.6 is 0 Å². The maximum absolute atomic E-state index is 14.6. The van der Waals surface area contributed by atoms with E-state index in [4.69, 9.17) is 23.4 Å². The van der Waals surface area contributed by atoms with Gasteiger partial charge < -0.3 is 28.5 Å². The SMILES string of the molecule is COC(=O)[C@H](O)[C@H]1C(C)(C)[C@H](OC(=O)C(C)C)[C@@H]2C(=O)[C@@]1(C)[C@@H]1CC[C@]3(C)[C@H](CC(=O)O[C@H]3c3ccoc3)C13OC23. The van der Waals surface area contributed by atoms with Gasteiger partial charge in [-0.05, 0) is 18.9 Å². The van der Waals surface area contributed by atoms with E-state index in [9.17, 15) is 24.3 Å². The molecule has 3 heterocycles. The van der Waals surface area contributed by atoms with Crippen molar-refractivity contribution in [2.45, 2.75) is 90.8 Å². The third kappa shape index (κ3) is 3.49. The van der Waals surface area contributed by atoms with Crippen LogP contribution < -0.4 is 0 Å². The van der Waals surface area contributed by atoms with Gasteiger partial charge in [-0.1, -0.05) is 41.5 Å². The standard InChI is InChI=1S/C31H40O10/c1-14(2)26(35)40-24-19-22(34)30(6,21(28(24,3)4)20(33)27(36)37-7)16-8-10-29(5)17(31(16)25(19)41-31)12-18(32)39-23(29)15-9-11-38-13-15/h9,11,13-14,16-17,19-21,23-25,33H,8,10,12H2,1-7H3/t16-,17-,19-,20+,21-,23-,24+,25?,29+,30-,31?/m0/s1. The number of ketones is 1. The van der Waals surface area contributed by atoms with Crippen molar-refractivity contribution < 1.29 is 47.6 Å². The number of carbonyl (C=O) groups excluding carboxylic acids is 4. The van der Waals surface area contributed by atoms with Crippen LogP contribution in [0, 0.1) is 45.8 Å². The first kappa shape index (κ1) is 28.4. The third-order valence-electron chi connectivity index (χ3n) is 11.5. The monoisotopic (exact) mass is 572 g/mol. The molecule has 0 radical (unpaired) electrons. The van der Waals surface area contributed by atoms with Crippen LogP contribution in [-0.4, -0.2) is 59.8 Å². The van der Waals surface area contributed by atoms with Gasteiger partial charge in [0.05, 0.1) is 37.9 Å². The van der Waals surface area contributed by atoms with Gasteiger partial charge in [0.15, 0.2) is 6.10 Å². The Morgan fingerprint density at radius 1 is 1.10 bits per heavy atom. The van der Waals surface area contributed by atoms with E-state index in [1.54, 1.807) is 32.4 Å². The predicted octanol–water partition coefficient (Wildman–Crippen LogP) is 3.40. The molecule has 10 nitrogen and oxygen atoms in total. The molecule has 5 aliphatic rings. The number of epoxide rings is 1. The normalized spacial score (nSPS) is 44.6. The summed E-state index contributed by atoms with van der Waals surface area (Å²) in [4.78, 5) is 53.7. The first-order chi connectivity index (χ1) is 19.2. The molecule has 1 aromatic rings. The maximum atomic E-state index is 14.6. The highest BCUT2D eigenvalue weighted by atomic mass is 16.6. The van der Waals surface area contributed by atoms with Gasteiger partial charge in [-0.25, -0.2) is 4.79 Å². The van der Waals surface area contributed by atoms with E-state index in [2.05, 4.69) is 6.92 Å². The molecule has 2 aliphatic heterocycles. The topological polar surface area (TPSA) is 142 Å². The van der Waals surface area contributed by atoms with Gasteiger partial charge in [-0.2, -0.15) is 0 Å². The Kier molecular flexibility index (Phi) is 6.16. The number of rotatable bonds is 5. The number of aliphatic hydroxyl groups excluding tert-OH is 1. The second-order valence-electron chi connectivity index (χ2n) is 14.1. The van der Waals surface area contributed by atoms with E-state index in [0.29, 0.717) is 12.8 Å². The number of methoxy groups -OCH3 is 1. The molecule has 0 aromatic carbocycles. The quantitative estimate of drug-likeness (QED) is 0.317. The van der Waals surface area contributed by atoms with Crippen LogP contribution in [0.4, 0.5) is 0 Å². The van der Waals surface area contributed by atoms with Crippen LogP contribution in [0.25, 0.3) is 0 Å².